The van der Waals surface area contributed by atoms with Crippen molar-refractivity contribution in [3.63, 3.8) is 0 Å². The van der Waals surface area contributed by atoms with Crippen molar-refractivity contribution >= 4 is 38.9 Å². The van der Waals surface area contributed by atoms with Crippen molar-refractivity contribution in [2.75, 3.05) is 6.54 Å². The summed E-state index contributed by atoms with van der Waals surface area (Å²) in [4.78, 5) is 1.35. The Morgan fingerprint density at radius 1 is 1.37 bits per heavy atom. The summed E-state index contributed by atoms with van der Waals surface area (Å²) in [6, 6.07) is 10.6. The van der Waals surface area contributed by atoms with Gasteiger partial charge in [-0.05, 0) is 59.1 Å². The van der Waals surface area contributed by atoms with Crippen LogP contribution < -0.4 is 5.32 Å². The maximum atomic E-state index is 6.27. The van der Waals surface area contributed by atoms with Crippen molar-refractivity contribution < 1.29 is 0 Å². The van der Waals surface area contributed by atoms with Crippen LogP contribution in [-0.2, 0) is 6.42 Å². The van der Waals surface area contributed by atoms with Gasteiger partial charge in [-0.1, -0.05) is 36.7 Å². The average Bonchev–Trinajstić information content (AvgIpc) is 2.70. The zero-order chi connectivity index (χ0) is 13.8. The number of rotatable bonds is 5. The molecule has 0 radical (unpaired) electrons. The van der Waals surface area contributed by atoms with E-state index in [1.807, 2.05) is 18.2 Å². The molecular weight excluding hydrogens is 342 g/mol. The van der Waals surface area contributed by atoms with Crippen molar-refractivity contribution in [3.8, 4) is 0 Å². The smallest absolute Gasteiger partial charge is 0.0704 e. The Kier molecular flexibility index (Phi) is 5.46. The standard InChI is InChI=1S/C15H17BrClNS/c1-3-18-14(12-9-15(16)19-10(12)2)8-11-6-4-5-7-13(11)17/h4-7,9,14,18H,3,8H2,1-2H3. The monoisotopic (exact) mass is 357 g/mol. The second-order valence-corrected chi connectivity index (χ2v) is 7.51. The Bertz CT molecular complexity index is 553. The van der Waals surface area contributed by atoms with Crippen molar-refractivity contribution in [1.29, 1.82) is 0 Å². The third kappa shape index (κ3) is 3.82. The van der Waals surface area contributed by atoms with E-state index in [1.54, 1.807) is 11.3 Å². The van der Waals surface area contributed by atoms with Gasteiger partial charge in [0.05, 0.1) is 3.79 Å². The van der Waals surface area contributed by atoms with Crippen molar-refractivity contribution in [1.82, 2.24) is 5.32 Å². The average molecular weight is 359 g/mol. The Morgan fingerprint density at radius 2 is 2.11 bits per heavy atom. The fourth-order valence-electron chi connectivity index (χ4n) is 2.23. The van der Waals surface area contributed by atoms with E-state index in [0.29, 0.717) is 6.04 Å². The van der Waals surface area contributed by atoms with Crippen LogP contribution in [0.2, 0.25) is 5.02 Å². The van der Waals surface area contributed by atoms with Crippen LogP contribution in [0.15, 0.2) is 34.1 Å². The zero-order valence-electron chi connectivity index (χ0n) is 11.0. The van der Waals surface area contributed by atoms with Crippen LogP contribution in [0.4, 0.5) is 0 Å². The fraction of sp³-hybridized carbons (Fsp3) is 0.333. The first-order chi connectivity index (χ1) is 9.11. The number of likely N-dealkylation sites (N-methyl/N-ethyl adjacent to an activating group) is 1. The highest BCUT2D eigenvalue weighted by molar-refractivity contribution is 9.11. The second kappa shape index (κ2) is 6.89. The molecule has 0 fully saturated rings. The largest absolute Gasteiger partial charge is 0.310 e. The molecule has 1 unspecified atom stereocenters. The SMILES string of the molecule is CCNC(Cc1ccccc1Cl)c1cc(Br)sc1C. The van der Waals surface area contributed by atoms with E-state index in [4.69, 9.17) is 11.6 Å². The lowest BCUT2D eigenvalue weighted by Gasteiger charge is -2.19. The zero-order valence-corrected chi connectivity index (χ0v) is 14.2. The maximum Gasteiger partial charge on any atom is 0.0704 e. The molecule has 4 heteroatoms. The molecule has 0 saturated heterocycles. The minimum Gasteiger partial charge on any atom is -0.310 e. The summed E-state index contributed by atoms with van der Waals surface area (Å²) >= 11 is 11.6. The lowest BCUT2D eigenvalue weighted by molar-refractivity contribution is 0.549. The summed E-state index contributed by atoms with van der Waals surface area (Å²) in [7, 11) is 0. The van der Waals surface area contributed by atoms with Crippen molar-refractivity contribution in [3.05, 3.63) is 55.1 Å². The second-order valence-electron chi connectivity index (χ2n) is 4.47. The number of thiophene rings is 1. The number of halogens is 2. The molecule has 0 aliphatic carbocycles. The number of hydrogen-bond acceptors (Lipinski definition) is 2. The lowest BCUT2D eigenvalue weighted by atomic mass is 9.99. The number of benzene rings is 1. The van der Waals surface area contributed by atoms with Crippen LogP contribution in [0.5, 0.6) is 0 Å². The Morgan fingerprint density at radius 3 is 2.68 bits per heavy atom. The molecule has 2 rings (SSSR count). The van der Waals surface area contributed by atoms with Crippen LogP contribution in [-0.4, -0.2) is 6.54 Å². The van der Waals surface area contributed by atoms with Gasteiger partial charge in [0.1, 0.15) is 0 Å². The summed E-state index contributed by atoms with van der Waals surface area (Å²) < 4.78 is 1.18. The minimum atomic E-state index is 0.312. The van der Waals surface area contributed by atoms with Crippen LogP contribution in [0, 0.1) is 6.92 Å². The van der Waals surface area contributed by atoms with Gasteiger partial charge in [-0.25, -0.2) is 0 Å². The normalized spacial score (nSPS) is 12.6. The minimum absolute atomic E-state index is 0.312. The van der Waals surface area contributed by atoms with Crippen molar-refractivity contribution in [2.45, 2.75) is 26.3 Å². The molecule has 0 bridgehead atoms. The summed E-state index contributed by atoms with van der Waals surface area (Å²) in [5.74, 6) is 0. The fourth-order valence-corrected chi connectivity index (χ4v) is 4.21. The Balaban J connectivity index is 2.26. The van der Waals surface area contributed by atoms with Gasteiger partial charge >= 0.3 is 0 Å². The van der Waals surface area contributed by atoms with E-state index in [9.17, 15) is 0 Å². The van der Waals surface area contributed by atoms with E-state index in [1.165, 1.54) is 19.8 Å². The number of aryl methyl sites for hydroxylation is 1. The molecule has 0 saturated carbocycles. The number of hydrogen-bond donors (Lipinski definition) is 1. The molecule has 0 aliphatic heterocycles. The van der Waals surface area contributed by atoms with Gasteiger partial charge in [0, 0.05) is 15.9 Å². The Labute approximate surface area is 132 Å². The van der Waals surface area contributed by atoms with E-state index < -0.39 is 0 Å². The highest BCUT2D eigenvalue weighted by atomic mass is 79.9. The quantitative estimate of drug-likeness (QED) is 0.758. The molecular formula is C15H17BrClNS. The molecule has 0 amide bonds. The summed E-state index contributed by atoms with van der Waals surface area (Å²) in [6.07, 6.45) is 0.914. The van der Waals surface area contributed by atoms with Crippen LogP contribution >= 0.6 is 38.9 Å². The first-order valence-electron chi connectivity index (χ1n) is 6.34. The molecule has 1 N–H and O–H groups in total. The van der Waals surface area contributed by atoms with Gasteiger partial charge in [0.15, 0.2) is 0 Å². The molecule has 0 spiro atoms. The van der Waals surface area contributed by atoms with E-state index in [-0.39, 0.29) is 0 Å². The summed E-state index contributed by atoms with van der Waals surface area (Å²) in [5, 5.41) is 4.40. The van der Waals surface area contributed by atoms with Crippen LogP contribution in [0.3, 0.4) is 0 Å². The highest BCUT2D eigenvalue weighted by Gasteiger charge is 2.17. The molecule has 1 nitrogen and oxygen atoms in total. The molecule has 1 atom stereocenters. The maximum absolute atomic E-state index is 6.27. The van der Waals surface area contributed by atoms with Gasteiger partial charge in [0.25, 0.3) is 0 Å². The third-order valence-electron chi connectivity index (χ3n) is 3.13. The van der Waals surface area contributed by atoms with Gasteiger partial charge in [0.2, 0.25) is 0 Å². The van der Waals surface area contributed by atoms with E-state index >= 15 is 0 Å². The molecule has 2 aromatic rings. The molecule has 1 aromatic carbocycles. The summed E-state index contributed by atoms with van der Waals surface area (Å²) in [5.41, 5.74) is 2.55. The topological polar surface area (TPSA) is 12.0 Å². The molecule has 1 aromatic heterocycles. The first kappa shape index (κ1) is 15.0. The first-order valence-corrected chi connectivity index (χ1v) is 8.33. The number of nitrogens with one attached hydrogen (secondary N) is 1. The molecule has 19 heavy (non-hydrogen) atoms. The summed E-state index contributed by atoms with van der Waals surface area (Å²) in [6.45, 7) is 5.25. The van der Waals surface area contributed by atoms with Gasteiger partial charge in [-0.15, -0.1) is 11.3 Å². The molecule has 102 valence electrons. The predicted octanol–water partition coefficient (Wildman–Crippen LogP) is 5.37. The molecule has 0 aliphatic rings. The van der Waals surface area contributed by atoms with E-state index in [2.05, 4.69) is 47.2 Å². The molecule has 1 heterocycles. The van der Waals surface area contributed by atoms with Crippen LogP contribution in [0.1, 0.15) is 29.0 Å². The van der Waals surface area contributed by atoms with Gasteiger partial charge in [-0.2, -0.15) is 0 Å². The Hall–Kier alpha value is -0.350. The highest BCUT2D eigenvalue weighted by Crippen LogP contribution is 2.33. The van der Waals surface area contributed by atoms with Gasteiger partial charge < -0.3 is 5.32 Å². The lowest BCUT2D eigenvalue weighted by Crippen LogP contribution is -2.23. The van der Waals surface area contributed by atoms with E-state index in [0.717, 1.165) is 18.0 Å². The van der Waals surface area contributed by atoms with Crippen molar-refractivity contribution in [2.24, 2.45) is 0 Å². The van der Waals surface area contributed by atoms with Gasteiger partial charge in [-0.3, -0.25) is 0 Å². The predicted molar refractivity (Wildman–Crippen MR) is 88.3 cm³/mol. The van der Waals surface area contributed by atoms with Crippen LogP contribution in [0.25, 0.3) is 0 Å². The third-order valence-corrected chi connectivity index (χ3v) is 5.07.